The zero-order valence-corrected chi connectivity index (χ0v) is 22.7. The van der Waals surface area contributed by atoms with E-state index in [1.54, 1.807) is 0 Å². The number of guanidine groups is 1. The van der Waals surface area contributed by atoms with Crippen LogP contribution in [-0.4, -0.2) is 86.1 Å². The Kier molecular flexibility index (Phi) is 13.5. The Morgan fingerprint density at radius 3 is 2.12 bits per heavy atom. The SMILES string of the molecule is CCNC(=NCc1ccc(CN2CCCC2)cc1)NCCCCN1CCN(CC)CC1.I. The second-order valence-corrected chi connectivity index (χ2v) is 8.90. The van der Waals surface area contributed by atoms with Crippen molar-refractivity contribution in [1.82, 2.24) is 25.3 Å². The number of rotatable bonds is 11. The van der Waals surface area contributed by atoms with E-state index in [1.165, 1.54) is 89.2 Å². The minimum atomic E-state index is 0. The number of unbranched alkanes of at least 4 members (excludes halogenated alkanes) is 1. The average molecular weight is 557 g/mol. The largest absolute Gasteiger partial charge is 0.357 e. The smallest absolute Gasteiger partial charge is 0.191 e. The third-order valence-corrected chi connectivity index (χ3v) is 6.50. The van der Waals surface area contributed by atoms with Gasteiger partial charge in [0.15, 0.2) is 5.96 Å². The molecule has 2 N–H and O–H groups in total. The molecule has 182 valence electrons. The summed E-state index contributed by atoms with van der Waals surface area (Å²) in [5, 5.41) is 6.89. The second kappa shape index (κ2) is 15.9. The van der Waals surface area contributed by atoms with Gasteiger partial charge in [0.05, 0.1) is 6.54 Å². The molecule has 0 aliphatic carbocycles. The van der Waals surface area contributed by atoms with Crippen LogP contribution in [0.2, 0.25) is 0 Å². The second-order valence-electron chi connectivity index (χ2n) is 8.90. The van der Waals surface area contributed by atoms with Crippen LogP contribution in [0.4, 0.5) is 0 Å². The average Bonchev–Trinajstić information content (AvgIpc) is 3.31. The van der Waals surface area contributed by atoms with Crippen molar-refractivity contribution < 1.29 is 0 Å². The van der Waals surface area contributed by atoms with Crippen LogP contribution in [-0.2, 0) is 13.1 Å². The van der Waals surface area contributed by atoms with E-state index in [4.69, 9.17) is 4.99 Å². The Labute approximate surface area is 213 Å². The number of nitrogens with one attached hydrogen (secondary N) is 2. The molecular formula is C25H45IN6. The number of benzene rings is 1. The molecule has 0 radical (unpaired) electrons. The van der Waals surface area contributed by atoms with Crippen LogP contribution >= 0.6 is 24.0 Å². The molecule has 2 aliphatic heterocycles. The highest BCUT2D eigenvalue weighted by atomic mass is 127. The number of nitrogens with zero attached hydrogens (tertiary/aromatic N) is 4. The first-order chi connectivity index (χ1) is 15.3. The molecule has 0 spiro atoms. The van der Waals surface area contributed by atoms with Crippen LogP contribution in [0.1, 0.15) is 50.7 Å². The van der Waals surface area contributed by atoms with Crippen molar-refractivity contribution in [1.29, 1.82) is 0 Å². The Hall–Kier alpha value is -0.900. The van der Waals surface area contributed by atoms with Crippen molar-refractivity contribution in [3.8, 4) is 0 Å². The molecule has 7 heteroatoms. The third-order valence-electron chi connectivity index (χ3n) is 6.50. The Bertz CT molecular complexity index is 636. The maximum Gasteiger partial charge on any atom is 0.191 e. The van der Waals surface area contributed by atoms with Gasteiger partial charge in [0, 0.05) is 45.8 Å². The van der Waals surface area contributed by atoms with Gasteiger partial charge in [-0.2, -0.15) is 0 Å². The molecule has 2 aliphatic rings. The van der Waals surface area contributed by atoms with Crippen LogP contribution in [0, 0.1) is 0 Å². The number of hydrogen-bond acceptors (Lipinski definition) is 4. The highest BCUT2D eigenvalue weighted by Gasteiger charge is 2.14. The van der Waals surface area contributed by atoms with E-state index < -0.39 is 0 Å². The van der Waals surface area contributed by atoms with Crippen molar-refractivity contribution in [3.63, 3.8) is 0 Å². The lowest BCUT2D eigenvalue weighted by Gasteiger charge is -2.34. The lowest BCUT2D eigenvalue weighted by atomic mass is 10.1. The quantitative estimate of drug-likeness (QED) is 0.190. The standard InChI is InChI=1S/C25H44N6.HI/c1-3-26-25(27-13-5-6-14-30-19-17-29(4-2)18-20-30)28-21-23-9-11-24(12-10-23)22-31-15-7-8-16-31;/h9-12H,3-8,13-22H2,1-2H3,(H2,26,27,28);1H. The van der Waals surface area contributed by atoms with Gasteiger partial charge in [0.25, 0.3) is 0 Å². The fourth-order valence-corrected chi connectivity index (χ4v) is 4.46. The predicted molar refractivity (Wildman–Crippen MR) is 147 cm³/mol. The summed E-state index contributed by atoms with van der Waals surface area (Å²) in [5.74, 6) is 0.931. The number of aliphatic imine (C=N–C) groups is 1. The van der Waals surface area contributed by atoms with Crippen LogP contribution in [0.15, 0.2) is 29.3 Å². The van der Waals surface area contributed by atoms with Crippen LogP contribution in [0.5, 0.6) is 0 Å². The first-order valence-electron chi connectivity index (χ1n) is 12.5. The van der Waals surface area contributed by atoms with Crippen LogP contribution < -0.4 is 10.6 Å². The number of hydrogen-bond donors (Lipinski definition) is 2. The Morgan fingerprint density at radius 2 is 1.47 bits per heavy atom. The summed E-state index contributed by atoms with van der Waals surface area (Å²) in [6, 6.07) is 9.00. The maximum atomic E-state index is 4.79. The van der Waals surface area contributed by atoms with Gasteiger partial charge in [0.1, 0.15) is 0 Å². The monoisotopic (exact) mass is 556 g/mol. The van der Waals surface area contributed by atoms with Gasteiger partial charge < -0.3 is 20.4 Å². The molecule has 0 saturated carbocycles. The number of piperazine rings is 1. The van der Waals surface area contributed by atoms with E-state index >= 15 is 0 Å². The molecule has 0 amide bonds. The number of likely N-dealkylation sites (tertiary alicyclic amines) is 1. The zero-order valence-electron chi connectivity index (χ0n) is 20.3. The van der Waals surface area contributed by atoms with Gasteiger partial charge in [-0.25, -0.2) is 4.99 Å². The normalized spacial score (nSPS) is 18.5. The topological polar surface area (TPSA) is 46.1 Å². The zero-order chi connectivity index (χ0) is 21.7. The van der Waals surface area contributed by atoms with E-state index in [0.717, 1.165) is 32.1 Å². The Balaban J connectivity index is 0.00000363. The van der Waals surface area contributed by atoms with Crippen molar-refractivity contribution in [3.05, 3.63) is 35.4 Å². The minimum Gasteiger partial charge on any atom is -0.357 e. The molecule has 32 heavy (non-hydrogen) atoms. The van der Waals surface area contributed by atoms with E-state index in [9.17, 15) is 0 Å². The van der Waals surface area contributed by atoms with E-state index in [0.29, 0.717) is 0 Å². The molecule has 1 aromatic rings. The van der Waals surface area contributed by atoms with Gasteiger partial charge in [-0.15, -0.1) is 24.0 Å². The summed E-state index contributed by atoms with van der Waals surface area (Å²) in [5.41, 5.74) is 2.68. The minimum absolute atomic E-state index is 0. The van der Waals surface area contributed by atoms with Gasteiger partial charge in [-0.1, -0.05) is 31.2 Å². The molecule has 0 atom stereocenters. The summed E-state index contributed by atoms with van der Waals surface area (Å²) in [7, 11) is 0. The van der Waals surface area contributed by atoms with Crippen molar-refractivity contribution in [2.45, 2.75) is 52.6 Å². The lowest BCUT2D eigenvalue weighted by Crippen LogP contribution is -2.46. The van der Waals surface area contributed by atoms with Crippen molar-refractivity contribution in [2.75, 3.05) is 65.4 Å². The highest BCUT2D eigenvalue weighted by molar-refractivity contribution is 14.0. The summed E-state index contributed by atoms with van der Waals surface area (Å²) in [6.45, 7) is 17.9. The first kappa shape index (κ1) is 27.3. The molecule has 0 aromatic heterocycles. The molecular weight excluding hydrogens is 511 g/mol. The Morgan fingerprint density at radius 1 is 0.812 bits per heavy atom. The van der Waals surface area contributed by atoms with E-state index in [-0.39, 0.29) is 24.0 Å². The third kappa shape index (κ3) is 9.93. The maximum absolute atomic E-state index is 4.79. The van der Waals surface area contributed by atoms with Gasteiger partial charge in [0.2, 0.25) is 0 Å². The summed E-state index contributed by atoms with van der Waals surface area (Å²) in [4.78, 5) is 12.5. The van der Waals surface area contributed by atoms with Gasteiger partial charge in [-0.3, -0.25) is 4.90 Å². The van der Waals surface area contributed by atoms with E-state index in [2.05, 4.69) is 63.4 Å². The summed E-state index contributed by atoms with van der Waals surface area (Å²) in [6.07, 6.45) is 5.13. The molecule has 2 fully saturated rings. The molecule has 1 aromatic carbocycles. The van der Waals surface area contributed by atoms with Crippen LogP contribution in [0.3, 0.4) is 0 Å². The number of halogens is 1. The predicted octanol–water partition coefficient (Wildman–Crippen LogP) is 3.37. The first-order valence-corrected chi connectivity index (χ1v) is 12.5. The summed E-state index contributed by atoms with van der Waals surface area (Å²) < 4.78 is 0. The molecule has 2 heterocycles. The van der Waals surface area contributed by atoms with Crippen molar-refractivity contribution in [2.24, 2.45) is 4.99 Å². The van der Waals surface area contributed by atoms with Crippen molar-refractivity contribution >= 4 is 29.9 Å². The molecule has 0 unspecified atom stereocenters. The van der Waals surface area contributed by atoms with E-state index in [1.807, 2.05) is 0 Å². The molecule has 3 rings (SSSR count). The summed E-state index contributed by atoms with van der Waals surface area (Å²) >= 11 is 0. The van der Waals surface area contributed by atoms with Gasteiger partial charge in [-0.05, 0) is 69.9 Å². The van der Waals surface area contributed by atoms with Crippen LogP contribution in [0.25, 0.3) is 0 Å². The molecule has 6 nitrogen and oxygen atoms in total. The van der Waals surface area contributed by atoms with Gasteiger partial charge >= 0.3 is 0 Å². The fraction of sp³-hybridized carbons (Fsp3) is 0.720. The molecule has 2 saturated heterocycles. The fourth-order valence-electron chi connectivity index (χ4n) is 4.46. The molecule has 0 bridgehead atoms. The highest BCUT2D eigenvalue weighted by Crippen LogP contribution is 2.13. The lowest BCUT2D eigenvalue weighted by molar-refractivity contribution is 0.136. The number of likely N-dealkylation sites (N-methyl/N-ethyl adjacent to an activating group) is 1.